The molecule has 2 N–H and O–H groups in total. The van der Waals surface area contributed by atoms with Gasteiger partial charge in [0, 0.05) is 12.6 Å². The fourth-order valence-corrected chi connectivity index (χ4v) is 3.03. The van der Waals surface area contributed by atoms with Gasteiger partial charge in [0.25, 0.3) is 0 Å². The minimum absolute atomic E-state index is 0.263. The van der Waals surface area contributed by atoms with E-state index in [1.165, 1.54) is 32.1 Å². The van der Waals surface area contributed by atoms with Gasteiger partial charge in [-0.05, 0) is 44.6 Å². The van der Waals surface area contributed by atoms with Crippen molar-refractivity contribution in [2.75, 3.05) is 18.8 Å². The van der Waals surface area contributed by atoms with Crippen molar-refractivity contribution in [2.45, 2.75) is 44.6 Å². The third-order valence-electron chi connectivity index (χ3n) is 3.42. The van der Waals surface area contributed by atoms with Crippen molar-refractivity contribution in [3.63, 3.8) is 0 Å². The molecule has 0 bridgehead atoms. The molecule has 0 saturated heterocycles. The average Bonchev–Trinajstić information content (AvgIpc) is 2.93. The first-order chi connectivity index (χ1) is 7.66. The number of nitrogens with one attached hydrogen (secondary N) is 2. The molecule has 0 radical (unpaired) electrons. The molecule has 0 aromatic carbocycles. The molecule has 2 saturated carbocycles. The lowest BCUT2D eigenvalue weighted by Gasteiger charge is -2.25. The monoisotopic (exact) mass is 246 g/mol. The van der Waals surface area contributed by atoms with E-state index in [0.717, 1.165) is 13.0 Å². The smallest absolute Gasteiger partial charge is 0.211 e. The zero-order chi connectivity index (χ0) is 11.4. The Labute approximate surface area is 98.2 Å². The maximum Gasteiger partial charge on any atom is 0.211 e. The topological polar surface area (TPSA) is 58.2 Å². The van der Waals surface area contributed by atoms with Gasteiger partial charge in [-0.3, -0.25) is 0 Å². The normalized spacial score (nSPS) is 22.0. The Balaban J connectivity index is 1.53. The highest BCUT2D eigenvalue weighted by atomic mass is 32.2. The second-order valence-electron chi connectivity index (χ2n) is 5.05. The van der Waals surface area contributed by atoms with Gasteiger partial charge < -0.3 is 5.32 Å². The molecule has 0 aromatic rings. The highest BCUT2D eigenvalue weighted by molar-refractivity contribution is 7.89. The SMILES string of the molecule is O=S(=O)(CCCNC1CC1)NCC1CCC1. The summed E-state index contributed by atoms with van der Waals surface area (Å²) in [7, 11) is -3.02. The summed E-state index contributed by atoms with van der Waals surface area (Å²) in [4.78, 5) is 0. The number of sulfonamides is 1. The van der Waals surface area contributed by atoms with Gasteiger partial charge in [0.05, 0.1) is 5.75 Å². The van der Waals surface area contributed by atoms with E-state index in [4.69, 9.17) is 0 Å². The lowest BCUT2D eigenvalue weighted by molar-refractivity contribution is 0.316. The Hall–Kier alpha value is -0.130. The first-order valence-corrected chi connectivity index (χ1v) is 8.02. The summed E-state index contributed by atoms with van der Waals surface area (Å²) in [5.74, 6) is 0.860. The molecule has 4 nitrogen and oxygen atoms in total. The van der Waals surface area contributed by atoms with E-state index in [0.29, 0.717) is 18.5 Å². The van der Waals surface area contributed by atoms with Crippen molar-refractivity contribution in [3.05, 3.63) is 0 Å². The summed E-state index contributed by atoms with van der Waals surface area (Å²) in [5.41, 5.74) is 0. The van der Waals surface area contributed by atoms with Crippen molar-refractivity contribution in [1.82, 2.24) is 10.0 Å². The van der Waals surface area contributed by atoms with Crippen LogP contribution in [0.1, 0.15) is 38.5 Å². The lowest BCUT2D eigenvalue weighted by atomic mass is 9.86. The molecule has 2 aliphatic rings. The summed E-state index contributed by atoms with van der Waals surface area (Å²) in [6, 6.07) is 0.672. The zero-order valence-electron chi connectivity index (χ0n) is 9.74. The fourth-order valence-electron chi connectivity index (χ4n) is 1.87. The van der Waals surface area contributed by atoms with Crippen LogP contribution in [0.5, 0.6) is 0 Å². The van der Waals surface area contributed by atoms with Gasteiger partial charge in [0.15, 0.2) is 0 Å². The predicted octanol–water partition coefficient (Wildman–Crippen LogP) is 0.848. The summed E-state index contributed by atoms with van der Waals surface area (Å²) >= 11 is 0. The molecule has 0 unspecified atom stereocenters. The highest BCUT2D eigenvalue weighted by Gasteiger charge is 2.21. The minimum atomic E-state index is -3.02. The van der Waals surface area contributed by atoms with Gasteiger partial charge in [0.1, 0.15) is 0 Å². The van der Waals surface area contributed by atoms with Crippen LogP contribution in [0.3, 0.4) is 0 Å². The van der Waals surface area contributed by atoms with Crippen LogP contribution in [0.4, 0.5) is 0 Å². The summed E-state index contributed by atoms with van der Waals surface area (Å²) in [6.07, 6.45) is 6.87. The van der Waals surface area contributed by atoms with E-state index < -0.39 is 10.0 Å². The third-order valence-corrected chi connectivity index (χ3v) is 4.85. The number of rotatable bonds is 8. The van der Waals surface area contributed by atoms with Crippen molar-refractivity contribution in [3.8, 4) is 0 Å². The average molecular weight is 246 g/mol. The van der Waals surface area contributed by atoms with Gasteiger partial charge in [-0.1, -0.05) is 6.42 Å². The van der Waals surface area contributed by atoms with Crippen molar-refractivity contribution in [1.29, 1.82) is 0 Å². The molecule has 2 aliphatic carbocycles. The maximum absolute atomic E-state index is 11.6. The molecule has 16 heavy (non-hydrogen) atoms. The largest absolute Gasteiger partial charge is 0.314 e. The molecule has 0 amide bonds. The van der Waals surface area contributed by atoms with E-state index in [-0.39, 0.29) is 5.75 Å². The first-order valence-electron chi connectivity index (χ1n) is 6.36. The van der Waals surface area contributed by atoms with Crippen LogP contribution in [0, 0.1) is 5.92 Å². The van der Waals surface area contributed by atoms with E-state index in [1.54, 1.807) is 0 Å². The molecule has 0 aliphatic heterocycles. The van der Waals surface area contributed by atoms with Crippen LogP contribution in [0.2, 0.25) is 0 Å². The molecule has 2 fully saturated rings. The van der Waals surface area contributed by atoms with E-state index in [9.17, 15) is 8.42 Å². The Bertz CT molecular complexity index is 308. The summed E-state index contributed by atoms with van der Waals surface area (Å²) in [6.45, 7) is 1.48. The Kier molecular flexibility index (Phi) is 4.21. The van der Waals surface area contributed by atoms with E-state index in [2.05, 4.69) is 10.0 Å². The molecule has 0 heterocycles. The summed E-state index contributed by atoms with van der Waals surface area (Å²) in [5, 5.41) is 3.32. The molecule has 0 atom stereocenters. The fraction of sp³-hybridized carbons (Fsp3) is 1.00. The number of hydrogen-bond donors (Lipinski definition) is 2. The van der Waals surface area contributed by atoms with Crippen LogP contribution >= 0.6 is 0 Å². The molecule has 5 heteroatoms. The lowest BCUT2D eigenvalue weighted by Crippen LogP contribution is -2.34. The Morgan fingerprint density at radius 3 is 2.44 bits per heavy atom. The first kappa shape index (κ1) is 12.3. The number of hydrogen-bond acceptors (Lipinski definition) is 3. The molecule has 2 rings (SSSR count). The van der Waals surface area contributed by atoms with Crippen LogP contribution in [-0.4, -0.2) is 33.3 Å². The minimum Gasteiger partial charge on any atom is -0.314 e. The van der Waals surface area contributed by atoms with Gasteiger partial charge in [-0.2, -0.15) is 0 Å². The Morgan fingerprint density at radius 2 is 1.88 bits per heavy atom. The predicted molar refractivity (Wildman–Crippen MR) is 64.8 cm³/mol. The van der Waals surface area contributed by atoms with Gasteiger partial charge >= 0.3 is 0 Å². The molecule has 0 aromatic heterocycles. The van der Waals surface area contributed by atoms with Crippen LogP contribution in [0.15, 0.2) is 0 Å². The summed E-state index contributed by atoms with van der Waals surface area (Å²) < 4.78 is 25.9. The maximum atomic E-state index is 11.6. The third kappa shape index (κ3) is 4.39. The van der Waals surface area contributed by atoms with Crippen molar-refractivity contribution < 1.29 is 8.42 Å². The van der Waals surface area contributed by atoms with Crippen molar-refractivity contribution >= 4 is 10.0 Å². The highest BCUT2D eigenvalue weighted by Crippen LogP contribution is 2.25. The Morgan fingerprint density at radius 1 is 1.12 bits per heavy atom. The van der Waals surface area contributed by atoms with Gasteiger partial charge in [-0.25, -0.2) is 13.1 Å². The van der Waals surface area contributed by atoms with Crippen molar-refractivity contribution in [2.24, 2.45) is 5.92 Å². The second kappa shape index (κ2) is 5.47. The molecular weight excluding hydrogens is 224 g/mol. The van der Waals surface area contributed by atoms with Gasteiger partial charge in [-0.15, -0.1) is 0 Å². The van der Waals surface area contributed by atoms with Gasteiger partial charge in [0.2, 0.25) is 10.0 Å². The molecule has 94 valence electrons. The zero-order valence-corrected chi connectivity index (χ0v) is 10.6. The molecular formula is C11H22N2O2S. The molecule has 0 spiro atoms. The van der Waals surface area contributed by atoms with Crippen LogP contribution < -0.4 is 10.0 Å². The standard InChI is InChI=1S/C11H22N2O2S/c14-16(15,13-9-10-3-1-4-10)8-2-7-12-11-5-6-11/h10-13H,1-9H2. The van der Waals surface area contributed by atoms with E-state index >= 15 is 0 Å². The quantitative estimate of drug-likeness (QED) is 0.624. The van der Waals surface area contributed by atoms with E-state index in [1.807, 2.05) is 0 Å². The van der Waals surface area contributed by atoms with Crippen LogP contribution in [0.25, 0.3) is 0 Å². The van der Waals surface area contributed by atoms with Crippen LogP contribution in [-0.2, 0) is 10.0 Å². The second-order valence-corrected chi connectivity index (χ2v) is 6.97.